The number of hydrogen-bond acceptors (Lipinski definition) is 3. The molecule has 0 aromatic heterocycles. The van der Waals surface area contributed by atoms with Crippen molar-refractivity contribution in [2.45, 2.75) is 13.1 Å². The summed E-state index contributed by atoms with van der Waals surface area (Å²) in [7, 11) is 0. The first-order chi connectivity index (χ1) is 13.9. The van der Waals surface area contributed by atoms with Crippen LogP contribution in [0.2, 0.25) is 10.0 Å². The van der Waals surface area contributed by atoms with Gasteiger partial charge in [-0.15, -0.1) is 0 Å². The van der Waals surface area contributed by atoms with Crippen LogP contribution in [-0.2, 0) is 13.1 Å². The maximum Gasteiger partial charge on any atom is 0.255 e. The molecule has 3 N–H and O–H groups in total. The van der Waals surface area contributed by atoms with Crippen LogP contribution in [0.4, 0.5) is 0 Å². The van der Waals surface area contributed by atoms with Crippen LogP contribution in [0, 0.1) is 0 Å². The number of benzene rings is 3. The van der Waals surface area contributed by atoms with E-state index in [0.717, 1.165) is 11.1 Å². The number of hydrogen-bond donors (Lipinski definition) is 3. The van der Waals surface area contributed by atoms with E-state index in [9.17, 15) is 14.7 Å². The number of carbonyl (C=O) groups excluding carboxylic acids is 2. The van der Waals surface area contributed by atoms with Crippen molar-refractivity contribution < 1.29 is 14.7 Å². The molecule has 0 aliphatic heterocycles. The van der Waals surface area contributed by atoms with Gasteiger partial charge in [0.2, 0.25) is 0 Å². The van der Waals surface area contributed by atoms with Crippen molar-refractivity contribution in [2.75, 3.05) is 0 Å². The lowest BCUT2D eigenvalue weighted by Gasteiger charge is -2.11. The van der Waals surface area contributed by atoms with Crippen molar-refractivity contribution in [2.24, 2.45) is 0 Å². The molecule has 148 valence electrons. The lowest BCUT2D eigenvalue weighted by Crippen LogP contribution is -2.25. The van der Waals surface area contributed by atoms with Gasteiger partial charge in [-0.2, -0.15) is 0 Å². The zero-order valence-electron chi connectivity index (χ0n) is 15.3. The van der Waals surface area contributed by atoms with Gasteiger partial charge in [0.1, 0.15) is 5.75 Å². The Kier molecular flexibility index (Phi) is 6.75. The number of halogens is 2. The molecule has 0 fully saturated rings. The average Bonchev–Trinajstić information content (AvgIpc) is 2.70. The normalized spacial score (nSPS) is 10.4. The van der Waals surface area contributed by atoms with E-state index in [0.29, 0.717) is 10.0 Å². The summed E-state index contributed by atoms with van der Waals surface area (Å²) in [6.45, 7) is 0.480. The molecule has 5 nitrogen and oxygen atoms in total. The number of nitrogens with one attached hydrogen (secondary N) is 2. The fraction of sp³-hybridized carbons (Fsp3) is 0.0909. The van der Waals surface area contributed by atoms with E-state index in [2.05, 4.69) is 10.6 Å². The molecule has 29 heavy (non-hydrogen) atoms. The molecule has 0 bridgehead atoms. The highest BCUT2D eigenvalue weighted by Gasteiger charge is 2.18. The lowest BCUT2D eigenvalue weighted by atomic mass is 10.1. The molecular formula is C22H18Cl2N2O3. The minimum atomic E-state index is -0.494. The summed E-state index contributed by atoms with van der Waals surface area (Å²) in [5.41, 5.74) is 1.67. The number of rotatable bonds is 6. The Balaban J connectivity index is 1.67. The van der Waals surface area contributed by atoms with Crippen molar-refractivity contribution >= 4 is 35.0 Å². The van der Waals surface area contributed by atoms with Crippen LogP contribution in [0.25, 0.3) is 0 Å². The topological polar surface area (TPSA) is 78.4 Å². The maximum atomic E-state index is 12.5. The predicted octanol–water partition coefficient (Wildman–Crippen LogP) is 4.56. The minimum Gasteiger partial charge on any atom is -0.506 e. The van der Waals surface area contributed by atoms with E-state index < -0.39 is 11.8 Å². The second-order valence-electron chi connectivity index (χ2n) is 6.33. The third-order valence-electron chi connectivity index (χ3n) is 4.21. The third kappa shape index (κ3) is 5.50. The first kappa shape index (κ1) is 20.7. The van der Waals surface area contributed by atoms with Gasteiger partial charge in [-0.1, -0.05) is 53.5 Å². The summed E-state index contributed by atoms with van der Waals surface area (Å²) in [6, 6.07) is 18.6. The van der Waals surface area contributed by atoms with Crippen molar-refractivity contribution in [1.82, 2.24) is 10.6 Å². The first-order valence-corrected chi connectivity index (χ1v) is 9.57. The molecule has 0 aliphatic carbocycles. The van der Waals surface area contributed by atoms with Crippen molar-refractivity contribution in [3.63, 3.8) is 0 Å². The molecule has 0 heterocycles. The summed E-state index contributed by atoms with van der Waals surface area (Å²) in [6.07, 6.45) is 0. The van der Waals surface area contributed by atoms with Crippen molar-refractivity contribution in [1.29, 1.82) is 0 Å². The fourth-order valence-corrected chi connectivity index (χ4v) is 3.18. The zero-order chi connectivity index (χ0) is 20.8. The largest absolute Gasteiger partial charge is 0.506 e. The van der Waals surface area contributed by atoms with E-state index in [1.54, 1.807) is 42.5 Å². The summed E-state index contributed by atoms with van der Waals surface area (Å²) in [5, 5.41) is 17.0. The van der Waals surface area contributed by atoms with Crippen molar-refractivity contribution in [3.8, 4) is 5.75 Å². The molecule has 0 unspecified atom stereocenters. The van der Waals surface area contributed by atoms with Gasteiger partial charge in [0.05, 0.1) is 11.1 Å². The molecule has 0 aliphatic rings. The third-order valence-corrected chi connectivity index (χ3v) is 4.68. The molecular weight excluding hydrogens is 411 g/mol. The summed E-state index contributed by atoms with van der Waals surface area (Å²) in [4.78, 5) is 24.9. The molecule has 7 heteroatoms. The van der Waals surface area contributed by atoms with Crippen LogP contribution >= 0.6 is 23.2 Å². The number of amides is 2. The van der Waals surface area contributed by atoms with Crippen LogP contribution in [0.5, 0.6) is 5.75 Å². The molecule has 3 rings (SSSR count). The van der Waals surface area contributed by atoms with E-state index in [-0.39, 0.29) is 30.0 Å². The minimum absolute atomic E-state index is 0.0161. The van der Waals surface area contributed by atoms with Crippen LogP contribution in [0.1, 0.15) is 31.8 Å². The quantitative estimate of drug-likeness (QED) is 0.538. The number of para-hydroxylation sites is 1. The Bertz CT molecular complexity index is 974. The average molecular weight is 429 g/mol. The predicted molar refractivity (Wildman–Crippen MR) is 113 cm³/mol. The van der Waals surface area contributed by atoms with E-state index in [4.69, 9.17) is 23.2 Å². The zero-order valence-corrected chi connectivity index (χ0v) is 16.8. The van der Waals surface area contributed by atoms with Gasteiger partial charge in [-0.05, 0) is 47.5 Å². The SMILES string of the molecule is O=C(NCc1cccc(Cl)c1)c1cccc(C(=O)NCc2cccc(Cl)c2)c1O. The highest BCUT2D eigenvalue weighted by molar-refractivity contribution is 6.30. The Hall–Kier alpha value is -3.02. The summed E-state index contributed by atoms with van der Waals surface area (Å²) < 4.78 is 0. The van der Waals surface area contributed by atoms with Crippen LogP contribution in [0.15, 0.2) is 66.7 Å². The molecule has 0 atom stereocenters. The highest BCUT2D eigenvalue weighted by atomic mass is 35.5. The van der Waals surface area contributed by atoms with Crippen LogP contribution in [0.3, 0.4) is 0 Å². The second-order valence-corrected chi connectivity index (χ2v) is 7.20. The Morgan fingerprint density at radius 1 is 0.724 bits per heavy atom. The van der Waals surface area contributed by atoms with Gasteiger partial charge in [0, 0.05) is 23.1 Å². The standard InChI is InChI=1S/C22H18Cl2N2O3/c23-16-6-1-4-14(10-16)12-25-21(28)18-8-3-9-19(20(18)27)22(29)26-13-15-5-2-7-17(24)11-15/h1-11,27H,12-13H2,(H,25,28)(H,26,29). The van der Waals surface area contributed by atoms with Gasteiger partial charge >= 0.3 is 0 Å². The molecule has 0 saturated carbocycles. The molecule has 2 amide bonds. The van der Waals surface area contributed by atoms with Gasteiger partial charge in [-0.3, -0.25) is 9.59 Å². The number of carbonyl (C=O) groups is 2. The van der Waals surface area contributed by atoms with Gasteiger partial charge < -0.3 is 15.7 Å². The van der Waals surface area contributed by atoms with Crippen molar-refractivity contribution in [3.05, 3.63) is 99.0 Å². The smallest absolute Gasteiger partial charge is 0.255 e. The monoisotopic (exact) mass is 428 g/mol. The molecule has 0 radical (unpaired) electrons. The van der Waals surface area contributed by atoms with Gasteiger partial charge in [0.15, 0.2) is 0 Å². The Labute approximate surface area is 178 Å². The second kappa shape index (κ2) is 9.45. The fourth-order valence-electron chi connectivity index (χ4n) is 2.76. The van der Waals surface area contributed by atoms with E-state index in [1.807, 2.05) is 12.1 Å². The number of phenols is 1. The van der Waals surface area contributed by atoms with E-state index in [1.165, 1.54) is 12.1 Å². The Morgan fingerprint density at radius 2 is 1.14 bits per heavy atom. The molecule has 3 aromatic carbocycles. The summed E-state index contributed by atoms with van der Waals surface area (Å²) in [5.74, 6) is -1.36. The molecule has 0 spiro atoms. The Morgan fingerprint density at radius 3 is 1.55 bits per heavy atom. The van der Waals surface area contributed by atoms with Crippen LogP contribution in [-0.4, -0.2) is 16.9 Å². The molecule has 0 saturated heterocycles. The van der Waals surface area contributed by atoms with Gasteiger partial charge in [-0.25, -0.2) is 0 Å². The highest BCUT2D eigenvalue weighted by Crippen LogP contribution is 2.23. The van der Waals surface area contributed by atoms with Gasteiger partial charge in [0.25, 0.3) is 11.8 Å². The van der Waals surface area contributed by atoms with E-state index >= 15 is 0 Å². The number of aromatic hydroxyl groups is 1. The lowest BCUT2D eigenvalue weighted by molar-refractivity contribution is 0.0946. The number of phenolic OH excluding ortho intramolecular Hbond substituents is 1. The first-order valence-electron chi connectivity index (χ1n) is 8.81. The maximum absolute atomic E-state index is 12.5. The van der Waals surface area contributed by atoms with Crippen LogP contribution < -0.4 is 10.6 Å². The molecule has 3 aromatic rings. The summed E-state index contributed by atoms with van der Waals surface area (Å²) >= 11 is 11.9.